The smallest absolute Gasteiger partial charge is 0.113 e. The van der Waals surface area contributed by atoms with Crippen LogP contribution in [0.25, 0.3) is 11.0 Å². The number of pyridine rings is 1. The van der Waals surface area contributed by atoms with Gasteiger partial charge >= 0.3 is 0 Å². The highest BCUT2D eigenvalue weighted by atomic mass is 15.1. The van der Waals surface area contributed by atoms with Gasteiger partial charge in [0.15, 0.2) is 0 Å². The van der Waals surface area contributed by atoms with Gasteiger partial charge in [-0.2, -0.15) is 0 Å². The van der Waals surface area contributed by atoms with E-state index in [1.807, 2.05) is 24.3 Å². The van der Waals surface area contributed by atoms with Crippen molar-refractivity contribution in [2.24, 2.45) is 0 Å². The fourth-order valence-corrected chi connectivity index (χ4v) is 3.22. The van der Waals surface area contributed by atoms with Gasteiger partial charge in [-0.05, 0) is 42.2 Å². The normalized spacial score (nSPS) is 10.5. The zero-order chi connectivity index (χ0) is 18.3. The molecule has 0 saturated carbocycles. The number of aryl methyl sites for hydroxylation is 3. The summed E-state index contributed by atoms with van der Waals surface area (Å²) in [7, 11) is 0. The number of imidazole rings is 1. The first kappa shape index (κ1) is 17.1. The van der Waals surface area contributed by atoms with Crippen molar-refractivity contribution in [2.45, 2.75) is 25.8 Å². The van der Waals surface area contributed by atoms with Gasteiger partial charge in [-0.1, -0.05) is 54.5 Å². The van der Waals surface area contributed by atoms with E-state index in [1.165, 1.54) is 11.1 Å². The molecule has 2 aromatic carbocycles. The summed E-state index contributed by atoms with van der Waals surface area (Å²) in [6.45, 7) is 0.924. The average molecular weight is 351 g/mol. The van der Waals surface area contributed by atoms with Crippen molar-refractivity contribution in [3.05, 3.63) is 96.1 Å². The van der Waals surface area contributed by atoms with Crippen LogP contribution in [0.1, 0.15) is 23.5 Å². The van der Waals surface area contributed by atoms with Crippen molar-refractivity contribution in [1.82, 2.24) is 14.5 Å². The van der Waals surface area contributed by atoms with Crippen LogP contribution < -0.4 is 0 Å². The number of aromatic nitrogens is 3. The van der Waals surface area contributed by atoms with E-state index in [4.69, 9.17) is 4.98 Å². The molecule has 0 aliphatic rings. The first-order chi connectivity index (χ1) is 13.4. The van der Waals surface area contributed by atoms with E-state index >= 15 is 0 Å². The van der Waals surface area contributed by atoms with E-state index in [1.54, 1.807) is 6.20 Å². The van der Waals surface area contributed by atoms with Crippen LogP contribution in [0.2, 0.25) is 0 Å². The van der Waals surface area contributed by atoms with E-state index in [0.29, 0.717) is 0 Å². The van der Waals surface area contributed by atoms with Gasteiger partial charge in [-0.25, -0.2) is 9.97 Å². The average Bonchev–Trinajstić information content (AvgIpc) is 3.08. The number of hydrogen-bond acceptors (Lipinski definition) is 2. The van der Waals surface area contributed by atoms with Gasteiger partial charge in [0.25, 0.3) is 0 Å². The van der Waals surface area contributed by atoms with Gasteiger partial charge < -0.3 is 4.57 Å². The molecule has 0 N–H and O–H groups in total. The zero-order valence-electron chi connectivity index (χ0n) is 15.2. The number of fused-ring (bicyclic) bond motifs is 1. The molecule has 0 fully saturated rings. The summed E-state index contributed by atoms with van der Waals surface area (Å²) in [5.41, 5.74) is 4.41. The topological polar surface area (TPSA) is 30.7 Å². The van der Waals surface area contributed by atoms with Gasteiger partial charge in [0.05, 0.1) is 11.0 Å². The summed E-state index contributed by atoms with van der Waals surface area (Å²) in [5, 5.41) is 0. The fourth-order valence-electron chi connectivity index (χ4n) is 3.22. The summed E-state index contributed by atoms with van der Waals surface area (Å²) in [6.07, 6.45) is 4.37. The Hall–Kier alpha value is -3.38. The molecule has 0 aliphatic heterocycles. The molecular formula is C24H21N3. The van der Waals surface area contributed by atoms with E-state index < -0.39 is 0 Å². The maximum Gasteiger partial charge on any atom is 0.113 e. The molecule has 0 unspecified atom stereocenters. The third-order valence-corrected chi connectivity index (χ3v) is 4.56. The second-order valence-corrected chi connectivity index (χ2v) is 6.42. The minimum Gasteiger partial charge on any atom is -0.328 e. The lowest BCUT2D eigenvalue weighted by molar-refractivity contribution is 0.667. The number of hydrogen-bond donors (Lipinski definition) is 0. The molecule has 0 aliphatic carbocycles. The highest BCUT2D eigenvalue weighted by Crippen LogP contribution is 2.18. The molecule has 3 heteroatoms. The first-order valence-corrected chi connectivity index (χ1v) is 9.28. The highest BCUT2D eigenvalue weighted by molar-refractivity contribution is 5.75. The molecule has 0 saturated heterocycles. The van der Waals surface area contributed by atoms with Gasteiger partial charge in [-0.15, -0.1) is 0 Å². The summed E-state index contributed by atoms with van der Waals surface area (Å²) in [4.78, 5) is 9.09. The van der Waals surface area contributed by atoms with Crippen molar-refractivity contribution in [3.63, 3.8) is 0 Å². The molecular weight excluding hydrogens is 330 g/mol. The number of nitrogens with zero attached hydrogens (tertiary/aromatic N) is 3. The molecule has 0 spiro atoms. The monoisotopic (exact) mass is 351 g/mol. The summed E-state index contributed by atoms with van der Waals surface area (Å²) in [5.74, 6) is 7.46. The molecule has 27 heavy (non-hydrogen) atoms. The van der Waals surface area contributed by atoms with Crippen molar-refractivity contribution in [1.29, 1.82) is 0 Å². The summed E-state index contributed by atoms with van der Waals surface area (Å²) in [6, 6.07) is 24.7. The van der Waals surface area contributed by atoms with Crippen molar-refractivity contribution in [2.75, 3.05) is 0 Å². The zero-order valence-corrected chi connectivity index (χ0v) is 15.2. The predicted molar refractivity (Wildman–Crippen MR) is 109 cm³/mol. The molecule has 4 rings (SSSR count). The highest BCUT2D eigenvalue weighted by Gasteiger charge is 2.09. The Balaban J connectivity index is 1.52. The molecule has 3 nitrogen and oxygen atoms in total. The van der Waals surface area contributed by atoms with Gasteiger partial charge in [0.1, 0.15) is 11.5 Å². The van der Waals surface area contributed by atoms with Gasteiger partial charge in [-0.3, -0.25) is 0 Å². The van der Waals surface area contributed by atoms with E-state index in [2.05, 4.69) is 69.9 Å². The molecule has 0 atom stereocenters. The third kappa shape index (κ3) is 4.24. The largest absolute Gasteiger partial charge is 0.328 e. The molecule has 2 aromatic heterocycles. The SMILES string of the molecule is C(#Cc1ccccn1)CCc1nc2ccccc2n1CCc1ccccc1. The lowest BCUT2D eigenvalue weighted by Gasteiger charge is -2.08. The Kier molecular flexibility index (Phi) is 5.26. The molecule has 4 aromatic rings. The Bertz CT molecular complexity index is 1070. The summed E-state index contributed by atoms with van der Waals surface area (Å²) >= 11 is 0. The molecule has 0 bridgehead atoms. The number of benzene rings is 2. The van der Waals surface area contributed by atoms with Crippen molar-refractivity contribution >= 4 is 11.0 Å². The van der Waals surface area contributed by atoms with Crippen LogP contribution >= 0.6 is 0 Å². The van der Waals surface area contributed by atoms with Crippen LogP contribution in [0, 0.1) is 11.8 Å². The fraction of sp³-hybridized carbons (Fsp3) is 0.167. The second kappa shape index (κ2) is 8.33. The van der Waals surface area contributed by atoms with E-state index in [-0.39, 0.29) is 0 Å². The van der Waals surface area contributed by atoms with Gasteiger partial charge in [0, 0.05) is 25.6 Å². The molecule has 0 radical (unpaired) electrons. The minimum atomic E-state index is 0.769. The molecule has 2 heterocycles. The molecule has 132 valence electrons. The quantitative estimate of drug-likeness (QED) is 0.490. The van der Waals surface area contributed by atoms with Crippen LogP contribution in [-0.4, -0.2) is 14.5 Å². The lowest BCUT2D eigenvalue weighted by atomic mass is 10.1. The third-order valence-electron chi connectivity index (χ3n) is 4.56. The van der Waals surface area contributed by atoms with Crippen LogP contribution in [0.15, 0.2) is 79.0 Å². The van der Waals surface area contributed by atoms with Crippen molar-refractivity contribution < 1.29 is 0 Å². The minimum absolute atomic E-state index is 0.769. The summed E-state index contributed by atoms with van der Waals surface area (Å²) < 4.78 is 2.34. The standard InChI is InChI=1S/C24H21N3/c1-2-10-20(11-3-1)17-19-27-23-15-6-5-14-22(23)26-24(27)16-7-4-12-21-13-8-9-18-25-21/h1-3,5-6,8-11,13-15,18H,7,16-17,19H2. The Morgan fingerprint density at radius 2 is 1.63 bits per heavy atom. The predicted octanol–water partition coefficient (Wildman–Crippen LogP) is 4.66. The number of para-hydroxylation sites is 2. The van der Waals surface area contributed by atoms with E-state index in [0.717, 1.165) is 42.8 Å². The van der Waals surface area contributed by atoms with Crippen LogP contribution in [-0.2, 0) is 19.4 Å². The van der Waals surface area contributed by atoms with Crippen LogP contribution in [0.5, 0.6) is 0 Å². The maximum atomic E-state index is 4.85. The van der Waals surface area contributed by atoms with Gasteiger partial charge in [0.2, 0.25) is 0 Å². The maximum absolute atomic E-state index is 4.85. The Labute approximate surface area is 159 Å². The van der Waals surface area contributed by atoms with Crippen LogP contribution in [0.4, 0.5) is 0 Å². The number of rotatable bonds is 5. The second-order valence-electron chi connectivity index (χ2n) is 6.42. The van der Waals surface area contributed by atoms with Crippen LogP contribution in [0.3, 0.4) is 0 Å². The Morgan fingerprint density at radius 3 is 2.48 bits per heavy atom. The first-order valence-electron chi connectivity index (χ1n) is 9.28. The van der Waals surface area contributed by atoms with Crippen molar-refractivity contribution in [3.8, 4) is 11.8 Å². The van der Waals surface area contributed by atoms with E-state index in [9.17, 15) is 0 Å². The molecule has 0 amide bonds. The lowest BCUT2D eigenvalue weighted by Crippen LogP contribution is -2.06. The Morgan fingerprint density at radius 1 is 0.815 bits per heavy atom.